The molecule has 68 valence electrons. The molecule has 1 N–H and O–H groups in total. The van der Waals surface area contributed by atoms with Crippen LogP contribution in [0.2, 0.25) is 0 Å². The molecule has 3 heteroatoms. The van der Waals surface area contributed by atoms with E-state index in [1.54, 1.807) is 0 Å². The van der Waals surface area contributed by atoms with Gasteiger partial charge in [0.05, 0.1) is 0 Å². The van der Waals surface area contributed by atoms with Crippen molar-refractivity contribution in [3.8, 4) is 0 Å². The summed E-state index contributed by atoms with van der Waals surface area (Å²) in [6, 6.07) is 0. The first-order chi connectivity index (χ1) is 5.20. The van der Waals surface area contributed by atoms with Gasteiger partial charge in [0.25, 0.3) is 0 Å². The minimum atomic E-state index is -0.659. The van der Waals surface area contributed by atoms with Crippen molar-refractivity contribution in [1.29, 1.82) is 0 Å². The van der Waals surface area contributed by atoms with Crippen LogP contribution in [-0.4, -0.2) is 40.6 Å². The van der Waals surface area contributed by atoms with Crippen molar-refractivity contribution in [2.75, 3.05) is 0 Å². The van der Waals surface area contributed by atoms with Crippen LogP contribution in [0, 0.1) is 5.92 Å². The standard InChI is InChI=1S/C9H18O2.Na.H/c1-3-5-6-8(4-2)7-9(10)11;;/h8H,3-7H2,1-2H3,(H,10,11);;. The summed E-state index contributed by atoms with van der Waals surface area (Å²) in [5.74, 6) is -0.264. The van der Waals surface area contributed by atoms with E-state index in [4.69, 9.17) is 5.11 Å². The summed E-state index contributed by atoms with van der Waals surface area (Å²) in [6.45, 7) is 4.19. The van der Waals surface area contributed by atoms with Gasteiger partial charge in [-0.05, 0) is 12.3 Å². The van der Waals surface area contributed by atoms with Crippen molar-refractivity contribution < 1.29 is 9.90 Å². The summed E-state index contributed by atoms with van der Waals surface area (Å²) >= 11 is 0. The molecule has 0 rings (SSSR count). The van der Waals surface area contributed by atoms with E-state index in [1.807, 2.05) is 0 Å². The van der Waals surface area contributed by atoms with Gasteiger partial charge >= 0.3 is 35.5 Å². The van der Waals surface area contributed by atoms with E-state index in [0.29, 0.717) is 12.3 Å². The molecule has 0 spiro atoms. The van der Waals surface area contributed by atoms with Gasteiger partial charge < -0.3 is 5.11 Å². The summed E-state index contributed by atoms with van der Waals surface area (Å²) < 4.78 is 0. The Balaban J connectivity index is 0. The Hall–Kier alpha value is 0.470. The molecule has 0 aromatic heterocycles. The maximum atomic E-state index is 10.3. The van der Waals surface area contributed by atoms with Crippen LogP contribution in [0.3, 0.4) is 0 Å². The van der Waals surface area contributed by atoms with Crippen molar-refractivity contribution in [2.24, 2.45) is 5.92 Å². The molecule has 0 aliphatic rings. The predicted octanol–water partition coefficient (Wildman–Crippen LogP) is 2.03. The average Bonchev–Trinajstić information content (AvgIpc) is 1.97. The molecule has 0 aliphatic heterocycles. The maximum absolute atomic E-state index is 10.3. The monoisotopic (exact) mass is 182 g/mol. The second-order valence-electron chi connectivity index (χ2n) is 3.01. The molecule has 0 bridgehead atoms. The molecule has 0 saturated heterocycles. The summed E-state index contributed by atoms with van der Waals surface area (Å²) in [6.07, 6.45) is 4.73. The molecule has 0 amide bonds. The molecule has 0 radical (unpaired) electrons. The number of carboxylic acids is 1. The number of unbranched alkanes of at least 4 members (excludes halogenated alkanes) is 1. The van der Waals surface area contributed by atoms with Crippen LogP contribution in [0.4, 0.5) is 0 Å². The summed E-state index contributed by atoms with van der Waals surface area (Å²) in [5, 5.41) is 8.51. The second kappa shape index (κ2) is 9.56. The minimum absolute atomic E-state index is 0. The van der Waals surface area contributed by atoms with Crippen LogP contribution in [0.5, 0.6) is 0 Å². The van der Waals surface area contributed by atoms with Gasteiger partial charge in [-0.25, -0.2) is 0 Å². The van der Waals surface area contributed by atoms with Gasteiger partial charge in [0.15, 0.2) is 0 Å². The van der Waals surface area contributed by atoms with Gasteiger partial charge in [0, 0.05) is 6.42 Å². The van der Waals surface area contributed by atoms with E-state index in [-0.39, 0.29) is 29.6 Å². The third kappa shape index (κ3) is 8.57. The summed E-state index contributed by atoms with van der Waals surface area (Å²) in [7, 11) is 0. The quantitative estimate of drug-likeness (QED) is 0.638. The van der Waals surface area contributed by atoms with Crippen molar-refractivity contribution in [3.05, 3.63) is 0 Å². The fourth-order valence-corrected chi connectivity index (χ4v) is 1.19. The van der Waals surface area contributed by atoms with Gasteiger partial charge in [-0.15, -0.1) is 0 Å². The third-order valence-electron chi connectivity index (χ3n) is 2.01. The van der Waals surface area contributed by atoms with Gasteiger partial charge in [0.1, 0.15) is 0 Å². The normalized spacial score (nSPS) is 11.8. The van der Waals surface area contributed by atoms with E-state index < -0.39 is 5.97 Å². The van der Waals surface area contributed by atoms with Crippen molar-refractivity contribution >= 4 is 35.5 Å². The summed E-state index contributed by atoms with van der Waals surface area (Å²) in [5.41, 5.74) is 0. The predicted molar refractivity (Wildman–Crippen MR) is 52.7 cm³/mol. The fraction of sp³-hybridized carbons (Fsp3) is 0.889. The molecule has 0 heterocycles. The van der Waals surface area contributed by atoms with Crippen molar-refractivity contribution in [1.82, 2.24) is 0 Å². The van der Waals surface area contributed by atoms with Crippen LogP contribution >= 0.6 is 0 Å². The van der Waals surface area contributed by atoms with E-state index in [9.17, 15) is 4.79 Å². The molecule has 1 unspecified atom stereocenters. The number of hydrogen-bond acceptors (Lipinski definition) is 1. The zero-order valence-electron chi connectivity index (χ0n) is 7.47. The number of carboxylic acid groups (broad SMARTS) is 1. The molecule has 12 heavy (non-hydrogen) atoms. The number of hydrogen-bond donors (Lipinski definition) is 1. The van der Waals surface area contributed by atoms with Crippen molar-refractivity contribution in [2.45, 2.75) is 46.0 Å². The van der Waals surface area contributed by atoms with Crippen LogP contribution < -0.4 is 0 Å². The Morgan fingerprint density at radius 2 is 2.00 bits per heavy atom. The van der Waals surface area contributed by atoms with E-state index in [0.717, 1.165) is 25.7 Å². The zero-order chi connectivity index (χ0) is 8.69. The summed E-state index contributed by atoms with van der Waals surface area (Å²) in [4.78, 5) is 10.3. The third-order valence-corrected chi connectivity index (χ3v) is 2.01. The first-order valence-electron chi connectivity index (χ1n) is 4.42. The molecule has 0 aliphatic carbocycles. The molecule has 0 aromatic carbocycles. The molecular formula is C9H19NaO2. The van der Waals surface area contributed by atoms with E-state index in [1.165, 1.54) is 0 Å². The van der Waals surface area contributed by atoms with Crippen LogP contribution in [-0.2, 0) is 4.79 Å². The first kappa shape index (κ1) is 15.0. The van der Waals surface area contributed by atoms with Crippen LogP contribution in [0.15, 0.2) is 0 Å². The number of carbonyl (C=O) groups is 1. The molecule has 0 aromatic rings. The fourth-order valence-electron chi connectivity index (χ4n) is 1.19. The van der Waals surface area contributed by atoms with Gasteiger partial charge in [-0.2, -0.15) is 0 Å². The van der Waals surface area contributed by atoms with Gasteiger partial charge in [-0.3, -0.25) is 4.79 Å². The molecule has 1 atom stereocenters. The zero-order valence-corrected chi connectivity index (χ0v) is 7.47. The van der Waals surface area contributed by atoms with Crippen LogP contribution in [0.25, 0.3) is 0 Å². The van der Waals surface area contributed by atoms with Crippen LogP contribution in [0.1, 0.15) is 46.0 Å². The average molecular weight is 182 g/mol. The molecule has 0 saturated carbocycles. The Labute approximate surface area is 97.0 Å². The molecule has 2 nitrogen and oxygen atoms in total. The molecule has 0 fully saturated rings. The van der Waals surface area contributed by atoms with Gasteiger partial charge in [-0.1, -0.05) is 33.1 Å². The number of aliphatic carboxylic acids is 1. The van der Waals surface area contributed by atoms with E-state index >= 15 is 0 Å². The SMILES string of the molecule is CCCCC(CC)CC(=O)O.[NaH]. The topological polar surface area (TPSA) is 37.3 Å². The number of rotatable bonds is 6. The second-order valence-corrected chi connectivity index (χ2v) is 3.01. The Morgan fingerprint density at radius 1 is 1.42 bits per heavy atom. The Morgan fingerprint density at radius 3 is 2.33 bits per heavy atom. The first-order valence-corrected chi connectivity index (χ1v) is 4.42. The van der Waals surface area contributed by atoms with Crippen molar-refractivity contribution in [3.63, 3.8) is 0 Å². The Kier molecular flexibility index (Phi) is 11.9. The molecular weight excluding hydrogens is 163 g/mol. The van der Waals surface area contributed by atoms with Gasteiger partial charge in [0.2, 0.25) is 0 Å². The van der Waals surface area contributed by atoms with E-state index in [2.05, 4.69) is 13.8 Å². The Bertz CT molecular complexity index is 115.